The van der Waals surface area contributed by atoms with Gasteiger partial charge in [0.2, 0.25) is 5.91 Å². The Morgan fingerprint density at radius 2 is 1.88 bits per heavy atom. The molecule has 6 heteroatoms. The van der Waals surface area contributed by atoms with Crippen LogP contribution in [0.5, 0.6) is 6.01 Å². The summed E-state index contributed by atoms with van der Waals surface area (Å²) in [6, 6.07) is 4.19. The van der Waals surface area contributed by atoms with E-state index in [2.05, 4.69) is 17.0 Å². The van der Waals surface area contributed by atoms with Crippen LogP contribution in [0.4, 0.5) is 0 Å². The molecule has 0 spiro atoms. The van der Waals surface area contributed by atoms with Gasteiger partial charge < -0.3 is 4.74 Å². The Bertz CT molecular complexity index is 623. The summed E-state index contributed by atoms with van der Waals surface area (Å²) in [4.78, 5) is 17.9. The molecule has 0 fully saturated rings. The van der Waals surface area contributed by atoms with E-state index in [-0.39, 0.29) is 11.9 Å². The van der Waals surface area contributed by atoms with Crippen molar-refractivity contribution >= 4 is 17.2 Å². The smallest absolute Gasteiger partial charge is 0.336 e. The highest BCUT2D eigenvalue weighted by molar-refractivity contribution is 7.13. The van der Waals surface area contributed by atoms with E-state index in [4.69, 9.17) is 4.74 Å². The van der Waals surface area contributed by atoms with Crippen molar-refractivity contribution in [3.8, 4) is 16.7 Å². The Kier molecular flexibility index (Phi) is 8.66. The fraction of sp³-hybridized carbons (Fsp3) is 0.632. The summed E-state index contributed by atoms with van der Waals surface area (Å²) in [7, 11) is 0. The number of carbonyl (C=O) groups is 1. The van der Waals surface area contributed by atoms with Crippen LogP contribution in [0.15, 0.2) is 17.5 Å². The third-order valence-corrected chi connectivity index (χ3v) is 4.86. The molecule has 25 heavy (non-hydrogen) atoms. The van der Waals surface area contributed by atoms with E-state index in [1.165, 1.54) is 36.8 Å². The van der Waals surface area contributed by atoms with Crippen molar-refractivity contribution in [1.29, 1.82) is 0 Å². The molecule has 0 unspecified atom stereocenters. The second-order valence-corrected chi connectivity index (χ2v) is 7.17. The molecule has 2 heterocycles. The zero-order valence-electron chi connectivity index (χ0n) is 15.4. The molecule has 2 aromatic rings. The maximum absolute atomic E-state index is 12.6. The van der Waals surface area contributed by atoms with Crippen molar-refractivity contribution in [2.75, 3.05) is 6.61 Å². The molecule has 138 valence electrons. The molecule has 0 saturated heterocycles. The number of thiophene rings is 1. The lowest BCUT2D eigenvalue weighted by Crippen LogP contribution is -2.13. The van der Waals surface area contributed by atoms with Crippen molar-refractivity contribution in [3.05, 3.63) is 17.5 Å². The van der Waals surface area contributed by atoms with Crippen LogP contribution in [0, 0.1) is 0 Å². The largest absolute Gasteiger partial charge is 0.462 e. The van der Waals surface area contributed by atoms with Gasteiger partial charge in [0.1, 0.15) is 0 Å². The van der Waals surface area contributed by atoms with Gasteiger partial charge in [-0.3, -0.25) is 4.79 Å². The molecule has 0 aromatic carbocycles. The first kappa shape index (κ1) is 19.6. The number of nitrogens with zero attached hydrogens (tertiary/aromatic N) is 3. The first-order valence-electron chi connectivity index (χ1n) is 9.43. The Morgan fingerprint density at radius 1 is 1.12 bits per heavy atom. The van der Waals surface area contributed by atoms with E-state index >= 15 is 0 Å². The molecule has 5 nitrogen and oxygen atoms in total. The number of unbranched alkanes of at least 4 members (excludes halogenated alkanes) is 6. The van der Waals surface area contributed by atoms with Crippen molar-refractivity contribution in [3.63, 3.8) is 0 Å². The van der Waals surface area contributed by atoms with Gasteiger partial charge in [-0.05, 0) is 24.3 Å². The summed E-state index contributed by atoms with van der Waals surface area (Å²) in [5.74, 6) is 0.588. The quantitative estimate of drug-likeness (QED) is 0.462. The predicted octanol–water partition coefficient (Wildman–Crippen LogP) is 5.58. The predicted molar refractivity (Wildman–Crippen MR) is 102 cm³/mol. The minimum absolute atomic E-state index is 0.00388. The van der Waals surface area contributed by atoms with E-state index in [0.29, 0.717) is 18.9 Å². The van der Waals surface area contributed by atoms with E-state index in [0.717, 1.165) is 24.1 Å². The molecule has 0 atom stereocenters. The Morgan fingerprint density at radius 3 is 2.56 bits per heavy atom. The van der Waals surface area contributed by atoms with Gasteiger partial charge in [0.25, 0.3) is 0 Å². The Labute approximate surface area is 154 Å². The van der Waals surface area contributed by atoms with Crippen molar-refractivity contribution in [1.82, 2.24) is 14.8 Å². The summed E-state index contributed by atoms with van der Waals surface area (Å²) < 4.78 is 6.94. The fourth-order valence-corrected chi connectivity index (χ4v) is 3.32. The Hall–Kier alpha value is -1.69. The van der Waals surface area contributed by atoms with Crippen molar-refractivity contribution in [2.24, 2.45) is 0 Å². The summed E-state index contributed by atoms with van der Waals surface area (Å²) in [6.45, 7) is 4.81. The van der Waals surface area contributed by atoms with Crippen molar-refractivity contribution in [2.45, 2.75) is 71.6 Å². The van der Waals surface area contributed by atoms with Crippen LogP contribution in [0.25, 0.3) is 10.7 Å². The molecule has 2 rings (SSSR count). The van der Waals surface area contributed by atoms with E-state index in [1.54, 1.807) is 11.3 Å². The summed E-state index contributed by atoms with van der Waals surface area (Å²) >= 11 is 1.55. The maximum atomic E-state index is 12.6. The first-order chi connectivity index (χ1) is 12.3. The van der Waals surface area contributed by atoms with E-state index in [1.807, 2.05) is 24.4 Å². The van der Waals surface area contributed by atoms with Gasteiger partial charge in [-0.1, -0.05) is 58.4 Å². The van der Waals surface area contributed by atoms with Gasteiger partial charge in [0.15, 0.2) is 5.82 Å². The minimum Gasteiger partial charge on any atom is -0.462 e. The van der Waals surface area contributed by atoms with Gasteiger partial charge >= 0.3 is 6.01 Å². The van der Waals surface area contributed by atoms with Crippen LogP contribution in [0.3, 0.4) is 0 Å². The highest BCUT2D eigenvalue weighted by Gasteiger charge is 2.18. The molecule has 0 amide bonds. The summed E-state index contributed by atoms with van der Waals surface area (Å²) in [6.07, 6.45) is 9.72. The number of ether oxygens (including phenoxy) is 1. The average Bonchev–Trinajstić information content (AvgIpc) is 3.28. The standard InChI is InChI=1S/C19H29N3O2S/c1-3-5-6-7-8-9-10-13-17(23)22-18(16-12-11-15-25-16)20-19(21-22)24-14-4-2/h11-12,15H,3-10,13-14H2,1-2H3. The van der Waals surface area contributed by atoms with Gasteiger partial charge in [-0.15, -0.1) is 16.4 Å². The molecule has 0 radical (unpaired) electrons. The van der Waals surface area contributed by atoms with Crippen LogP contribution in [0.1, 0.15) is 76.4 Å². The lowest BCUT2D eigenvalue weighted by molar-refractivity contribution is 0.0883. The second kappa shape index (κ2) is 11.0. The van der Waals surface area contributed by atoms with Crippen LogP contribution >= 0.6 is 11.3 Å². The first-order valence-corrected chi connectivity index (χ1v) is 10.3. The third-order valence-electron chi connectivity index (χ3n) is 3.99. The van der Waals surface area contributed by atoms with Gasteiger partial charge in [0.05, 0.1) is 11.5 Å². The number of aromatic nitrogens is 3. The molecule has 0 saturated carbocycles. The monoisotopic (exact) mass is 363 g/mol. The Balaban J connectivity index is 1.92. The minimum atomic E-state index is -0.00388. The van der Waals surface area contributed by atoms with Gasteiger partial charge in [-0.25, -0.2) is 0 Å². The topological polar surface area (TPSA) is 57.0 Å². The number of hydrogen-bond donors (Lipinski definition) is 0. The highest BCUT2D eigenvalue weighted by Crippen LogP contribution is 2.25. The average molecular weight is 364 g/mol. The molecule has 0 aliphatic heterocycles. The molecule has 0 bridgehead atoms. The maximum Gasteiger partial charge on any atom is 0.336 e. The van der Waals surface area contributed by atoms with Gasteiger partial charge in [0, 0.05) is 6.42 Å². The van der Waals surface area contributed by atoms with Crippen LogP contribution < -0.4 is 4.74 Å². The summed E-state index contributed by atoms with van der Waals surface area (Å²) in [5.41, 5.74) is 0. The zero-order chi connectivity index (χ0) is 17.9. The lowest BCUT2D eigenvalue weighted by atomic mass is 10.1. The third kappa shape index (κ3) is 6.27. The fourth-order valence-electron chi connectivity index (χ4n) is 2.63. The molecular weight excluding hydrogens is 334 g/mol. The van der Waals surface area contributed by atoms with Crippen molar-refractivity contribution < 1.29 is 9.53 Å². The van der Waals surface area contributed by atoms with E-state index in [9.17, 15) is 4.79 Å². The highest BCUT2D eigenvalue weighted by atomic mass is 32.1. The molecule has 0 N–H and O–H groups in total. The van der Waals surface area contributed by atoms with Crippen LogP contribution in [0.2, 0.25) is 0 Å². The SMILES string of the molecule is CCCCCCCCCC(=O)n1nc(OCCC)nc1-c1cccs1. The lowest BCUT2D eigenvalue weighted by Gasteiger charge is -2.03. The molecular formula is C19H29N3O2S. The number of carbonyl (C=O) groups excluding carboxylic acids is 1. The second-order valence-electron chi connectivity index (χ2n) is 6.22. The number of rotatable bonds is 12. The van der Waals surface area contributed by atoms with Gasteiger partial charge in [-0.2, -0.15) is 9.67 Å². The molecule has 0 aliphatic rings. The van der Waals surface area contributed by atoms with Crippen LogP contribution in [-0.2, 0) is 0 Å². The number of hydrogen-bond acceptors (Lipinski definition) is 5. The van der Waals surface area contributed by atoms with E-state index < -0.39 is 0 Å². The summed E-state index contributed by atoms with van der Waals surface area (Å²) in [5, 5.41) is 6.26. The normalized spacial score (nSPS) is 11.0. The van der Waals surface area contributed by atoms with Crippen LogP contribution in [-0.4, -0.2) is 27.3 Å². The zero-order valence-corrected chi connectivity index (χ0v) is 16.2. The molecule has 0 aliphatic carbocycles. The molecule has 2 aromatic heterocycles.